The van der Waals surface area contributed by atoms with Gasteiger partial charge in [-0.25, -0.2) is 13.8 Å². The minimum Gasteiger partial charge on any atom is -0.493 e. The van der Waals surface area contributed by atoms with Crippen molar-refractivity contribution in [2.45, 2.75) is 71.1 Å². The molecule has 2 aliphatic heterocycles. The highest BCUT2D eigenvalue weighted by Crippen LogP contribution is 2.35. The molecule has 1 unspecified atom stereocenters. The van der Waals surface area contributed by atoms with Gasteiger partial charge in [-0.05, 0) is 76.1 Å². The van der Waals surface area contributed by atoms with Crippen LogP contribution in [0.5, 0.6) is 5.75 Å². The van der Waals surface area contributed by atoms with Crippen LogP contribution in [0.2, 0.25) is 0 Å². The predicted molar refractivity (Wildman–Crippen MR) is 141 cm³/mol. The molecule has 10 heteroatoms. The van der Waals surface area contributed by atoms with Crippen molar-refractivity contribution in [3.63, 3.8) is 0 Å². The van der Waals surface area contributed by atoms with Gasteiger partial charge in [-0.2, -0.15) is 8.42 Å². The molecule has 0 spiro atoms. The third kappa shape index (κ3) is 6.88. The van der Waals surface area contributed by atoms with E-state index in [1.165, 1.54) is 0 Å². The van der Waals surface area contributed by atoms with Gasteiger partial charge in [-0.3, -0.25) is 0 Å². The van der Waals surface area contributed by atoms with Crippen LogP contribution in [0.25, 0.3) is 0 Å². The molecule has 37 heavy (non-hydrogen) atoms. The Morgan fingerprint density at radius 3 is 2.54 bits per heavy atom. The molecule has 200 valence electrons. The van der Waals surface area contributed by atoms with Crippen molar-refractivity contribution in [2.75, 3.05) is 10.8 Å². The summed E-state index contributed by atoms with van der Waals surface area (Å²) < 4.78 is 39.8. The lowest BCUT2D eigenvalue weighted by atomic mass is 9.96. The summed E-state index contributed by atoms with van der Waals surface area (Å²) in [4.78, 5) is 14.6. The van der Waals surface area contributed by atoms with E-state index in [0.29, 0.717) is 24.4 Å². The molecule has 2 N–H and O–H groups in total. The van der Waals surface area contributed by atoms with Crippen molar-refractivity contribution in [2.24, 2.45) is 0 Å². The number of anilines is 1. The number of likely N-dealkylation sites (tertiary alicyclic amines) is 1. The van der Waals surface area contributed by atoms with Gasteiger partial charge in [0.05, 0.1) is 6.20 Å². The number of nitrogens with zero attached hydrogens (tertiary/aromatic N) is 2. The Morgan fingerprint density at radius 2 is 1.86 bits per heavy atom. The molecule has 2 aliphatic rings. The van der Waals surface area contributed by atoms with Gasteiger partial charge in [0.25, 0.3) is 0 Å². The Bertz CT molecular complexity index is 1240. The Balaban J connectivity index is 1.53. The molecule has 2 heterocycles. The van der Waals surface area contributed by atoms with Crippen LogP contribution in [0.4, 0.5) is 10.5 Å². The highest BCUT2D eigenvalue weighted by molar-refractivity contribution is 7.91. The smallest absolute Gasteiger partial charge is 0.410 e. The summed E-state index contributed by atoms with van der Waals surface area (Å²) in [7, 11) is -3.97. The average molecular weight is 530 g/mol. The second-order valence-corrected chi connectivity index (χ2v) is 11.9. The second kappa shape index (κ2) is 10.9. The van der Waals surface area contributed by atoms with Gasteiger partial charge in [0.1, 0.15) is 23.6 Å². The third-order valence-corrected chi connectivity index (χ3v) is 7.54. The standard InChI is InChI=1S/C27H35N3O6S/c1-27(2,3)36-26(32)29-16-8-7-11-22(29)14-12-20-13-15-23(30-18-25(31)28-37(30,33)34)24(17-20)35-19-21-9-5-4-6-10-21/h4-6,9-10,13,15,17-18,22,28,31H,7-8,11-12,14,16,19H2,1-3H3. The van der Waals surface area contributed by atoms with E-state index in [1.807, 2.05) is 68.1 Å². The maximum atomic E-state index is 12.8. The van der Waals surface area contributed by atoms with Crippen LogP contribution < -0.4 is 13.8 Å². The summed E-state index contributed by atoms with van der Waals surface area (Å²) in [5.74, 6) is -0.0806. The number of carbonyl (C=O) groups is 1. The highest BCUT2D eigenvalue weighted by atomic mass is 32.2. The molecule has 1 amide bonds. The Morgan fingerprint density at radius 1 is 1.11 bits per heavy atom. The van der Waals surface area contributed by atoms with Gasteiger partial charge in [0.2, 0.25) is 5.88 Å². The van der Waals surface area contributed by atoms with Crippen molar-refractivity contribution < 1.29 is 27.8 Å². The van der Waals surface area contributed by atoms with Gasteiger partial charge < -0.3 is 19.5 Å². The Hall–Kier alpha value is -3.40. The minimum atomic E-state index is -3.97. The number of nitrogens with one attached hydrogen (secondary N) is 1. The molecule has 0 aliphatic carbocycles. The number of aliphatic hydroxyl groups is 1. The van der Waals surface area contributed by atoms with Gasteiger partial charge in [-0.15, -0.1) is 0 Å². The molecule has 1 fully saturated rings. The number of amides is 1. The first kappa shape index (κ1) is 26.7. The number of carbonyl (C=O) groups excluding carboxylic acids is 1. The van der Waals surface area contributed by atoms with Gasteiger partial charge >= 0.3 is 16.3 Å². The van der Waals surface area contributed by atoms with E-state index < -0.39 is 21.7 Å². The molecule has 2 aromatic rings. The number of piperidine rings is 1. The van der Waals surface area contributed by atoms with Crippen molar-refractivity contribution in [1.29, 1.82) is 0 Å². The summed E-state index contributed by atoms with van der Waals surface area (Å²) in [5, 5.41) is 9.76. The van der Waals surface area contributed by atoms with Crippen LogP contribution >= 0.6 is 0 Å². The van der Waals surface area contributed by atoms with Crippen molar-refractivity contribution in [1.82, 2.24) is 9.62 Å². The zero-order chi connectivity index (χ0) is 26.6. The number of hydrogen-bond donors (Lipinski definition) is 2. The summed E-state index contributed by atoms with van der Waals surface area (Å²) in [5.41, 5.74) is 1.64. The number of ether oxygens (including phenoxy) is 2. The third-order valence-electron chi connectivity index (χ3n) is 6.25. The van der Waals surface area contributed by atoms with Gasteiger partial charge in [0, 0.05) is 12.6 Å². The van der Waals surface area contributed by atoms with Crippen molar-refractivity contribution in [3.8, 4) is 5.75 Å². The fourth-order valence-corrected chi connectivity index (χ4v) is 5.59. The van der Waals surface area contributed by atoms with Crippen LogP contribution in [0, 0.1) is 0 Å². The molecular weight excluding hydrogens is 494 g/mol. The molecule has 0 saturated carbocycles. The van der Waals surface area contributed by atoms with Crippen molar-refractivity contribution >= 4 is 22.0 Å². The van der Waals surface area contributed by atoms with E-state index in [1.54, 1.807) is 6.07 Å². The number of hydrogen-bond acceptors (Lipinski definition) is 6. The lowest BCUT2D eigenvalue weighted by Crippen LogP contribution is -2.46. The normalized spacial score (nSPS) is 19.2. The SMILES string of the molecule is CC(C)(C)OC(=O)N1CCCCC1CCc1ccc(N2C=C(O)NS2(=O)=O)c(OCc2ccccc2)c1. The molecule has 1 saturated heterocycles. The van der Waals surface area contributed by atoms with E-state index in [-0.39, 0.29) is 18.7 Å². The topological polar surface area (TPSA) is 108 Å². The van der Waals surface area contributed by atoms with Gasteiger partial charge in [0.15, 0.2) is 0 Å². The molecule has 1 atom stereocenters. The second-order valence-electron chi connectivity index (χ2n) is 10.4. The van der Waals surface area contributed by atoms with E-state index in [2.05, 4.69) is 4.72 Å². The lowest BCUT2D eigenvalue weighted by molar-refractivity contribution is 0.00890. The zero-order valence-corrected chi connectivity index (χ0v) is 22.3. The number of aliphatic hydroxyl groups excluding tert-OH is 1. The van der Waals surface area contributed by atoms with Crippen LogP contribution in [-0.4, -0.2) is 42.7 Å². The van der Waals surface area contributed by atoms with E-state index >= 15 is 0 Å². The molecular formula is C27H35N3O6S. The molecule has 2 aromatic carbocycles. The first-order chi connectivity index (χ1) is 17.5. The summed E-state index contributed by atoms with van der Waals surface area (Å²) in [6, 6.07) is 15.0. The van der Waals surface area contributed by atoms with Crippen LogP contribution in [-0.2, 0) is 28.0 Å². The van der Waals surface area contributed by atoms with E-state index in [0.717, 1.165) is 47.3 Å². The highest BCUT2D eigenvalue weighted by Gasteiger charge is 2.32. The minimum absolute atomic E-state index is 0.0694. The molecule has 0 radical (unpaired) electrons. The maximum absolute atomic E-state index is 12.8. The number of aryl methyl sites for hydroxylation is 1. The summed E-state index contributed by atoms with van der Waals surface area (Å²) in [6.07, 6.45) is 5.19. The Labute approximate surface area is 218 Å². The average Bonchev–Trinajstić information content (AvgIpc) is 3.12. The van der Waals surface area contributed by atoms with Gasteiger partial charge in [-0.1, -0.05) is 36.4 Å². The molecule has 4 rings (SSSR count). The monoisotopic (exact) mass is 529 g/mol. The maximum Gasteiger partial charge on any atom is 0.410 e. The van der Waals surface area contributed by atoms with Crippen molar-refractivity contribution in [3.05, 3.63) is 71.7 Å². The van der Waals surface area contributed by atoms with E-state index in [4.69, 9.17) is 9.47 Å². The molecule has 0 aromatic heterocycles. The van der Waals surface area contributed by atoms with Crippen LogP contribution in [0.3, 0.4) is 0 Å². The van der Waals surface area contributed by atoms with Crippen LogP contribution in [0.1, 0.15) is 57.6 Å². The predicted octanol–water partition coefficient (Wildman–Crippen LogP) is 5.00. The number of benzene rings is 2. The fraction of sp³-hybridized carbons (Fsp3) is 0.444. The quantitative estimate of drug-likeness (QED) is 0.523. The zero-order valence-electron chi connectivity index (χ0n) is 21.5. The number of rotatable bonds is 7. The molecule has 0 bridgehead atoms. The first-order valence-electron chi connectivity index (χ1n) is 12.5. The van der Waals surface area contributed by atoms with Crippen LogP contribution in [0.15, 0.2) is 60.6 Å². The Kier molecular flexibility index (Phi) is 7.87. The lowest BCUT2D eigenvalue weighted by Gasteiger charge is -2.37. The first-order valence-corrected chi connectivity index (χ1v) is 14.0. The molecule has 9 nitrogen and oxygen atoms in total. The summed E-state index contributed by atoms with van der Waals surface area (Å²) in [6.45, 7) is 6.54. The fourth-order valence-electron chi connectivity index (χ4n) is 4.53. The van der Waals surface area contributed by atoms with E-state index in [9.17, 15) is 18.3 Å². The summed E-state index contributed by atoms with van der Waals surface area (Å²) >= 11 is 0. The largest absolute Gasteiger partial charge is 0.493 e.